The van der Waals surface area contributed by atoms with E-state index in [1.165, 1.54) is 0 Å². The van der Waals surface area contributed by atoms with E-state index in [9.17, 15) is 4.79 Å². The first-order valence-electron chi connectivity index (χ1n) is 6.74. The fraction of sp³-hybridized carbons (Fsp3) is 0.923. The van der Waals surface area contributed by atoms with Crippen LogP contribution in [-0.2, 0) is 9.53 Å². The quantitative estimate of drug-likeness (QED) is 0.460. The van der Waals surface area contributed by atoms with Crippen LogP contribution in [-0.4, -0.2) is 55.5 Å². The third-order valence-electron chi connectivity index (χ3n) is 2.63. The van der Waals surface area contributed by atoms with E-state index in [0.717, 1.165) is 6.54 Å². The van der Waals surface area contributed by atoms with Crippen molar-refractivity contribution in [3.05, 3.63) is 0 Å². The Morgan fingerprint density at radius 3 is 2.21 bits per heavy atom. The predicted octanol–water partition coefficient (Wildman–Crippen LogP) is 0.356. The fourth-order valence-electron chi connectivity index (χ4n) is 0.857. The molecule has 0 heterocycles. The molecule has 0 aliphatic carbocycles. The molecule has 0 saturated carbocycles. The first-order valence-corrected chi connectivity index (χ1v) is 6.74. The standard InChI is InChI=1S/C9H19NO3.C4H12N2/c1-6(2)8(10)9(12)13-5-4-7(3)11;1-4-6(3)5-2/h6-8,11H,4-5,10H2,1-3H3;5H,4H2,1-3H3. The molecule has 0 bridgehead atoms. The van der Waals surface area contributed by atoms with Crippen molar-refractivity contribution in [2.75, 3.05) is 27.2 Å². The number of nitrogens with zero attached hydrogens (tertiary/aromatic N) is 1. The number of hydrazine groups is 1. The van der Waals surface area contributed by atoms with Gasteiger partial charge in [0.05, 0.1) is 12.7 Å². The number of aliphatic hydroxyl groups is 1. The maximum Gasteiger partial charge on any atom is 0.323 e. The Labute approximate surface area is 117 Å². The van der Waals surface area contributed by atoms with Gasteiger partial charge in [0.1, 0.15) is 6.04 Å². The molecule has 2 unspecified atom stereocenters. The molecule has 2 atom stereocenters. The highest BCUT2D eigenvalue weighted by Gasteiger charge is 2.18. The molecule has 0 aromatic carbocycles. The van der Waals surface area contributed by atoms with Gasteiger partial charge >= 0.3 is 5.97 Å². The summed E-state index contributed by atoms with van der Waals surface area (Å²) in [7, 11) is 3.91. The molecule has 0 aliphatic rings. The second-order valence-corrected chi connectivity index (χ2v) is 4.81. The normalized spacial score (nSPS) is 13.8. The first kappa shape index (κ1) is 20.6. The summed E-state index contributed by atoms with van der Waals surface area (Å²) >= 11 is 0. The van der Waals surface area contributed by atoms with Crippen molar-refractivity contribution in [2.45, 2.75) is 46.3 Å². The third kappa shape index (κ3) is 13.5. The van der Waals surface area contributed by atoms with Gasteiger partial charge in [0, 0.05) is 20.0 Å². The highest BCUT2D eigenvalue weighted by molar-refractivity contribution is 5.75. The van der Waals surface area contributed by atoms with Crippen LogP contribution >= 0.6 is 0 Å². The topological polar surface area (TPSA) is 87.8 Å². The van der Waals surface area contributed by atoms with Crippen LogP contribution in [0.5, 0.6) is 0 Å². The lowest BCUT2D eigenvalue weighted by Gasteiger charge is -2.14. The minimum absolute atomic E-state index is 0.0825. The van der Waals surface area contributed by atoms with E-state index >= 15 is 0 Å². The number of aliphatic hydroxyl groups excluding tert-OH is 1. The molecular formula is C13H31N3O3. The molecular weight excluding hydrogens is 246 g/mol. The van der Waals surface area contributed by atoms with Gasteiger partial charge in [-0.15, -0.1) is 0 Å². The van der Waals surface area contributed by atoms with Crippen LogP contribution in [0.25, 0.3) is 0 Å². The summed E-state index contributed by atoms with van der Waals surface area (Å²) in [4.78, 5) is 11.1. The van der Waals surface area contributed by atoms with Crippen LogP contribution in [0.15, 0.2) is 0 Å². The average Bonchev–Trinajstić information content (AvgIpc) is 2.36. The van der Waals surface area contributed by atoms with Crippen molar-refractivity contribution < 1.29 is 14.6 Å². The van der Waals surface area contributed by atoms with Crippen LogP contribution in [0.2, 0.25) is 0 Å². The summed E-state index contributed by atoms with van der Waals surface area (Å²) in [5.41, 5.74) is 8.49. The molecule has 6 nitrogen and oxygen atoms in total. The van der Waals surface area contributed by atoms with E-state index in [4.69, 9.17) is 15.6 Å². The van der Waals surface area contributed by atoms with Crippen molar-refractivity contribution >= 4 is 5.97 Å². The van der Waals surface area contributed by atoms with Gasteiger partial charge in [-0.25, -0.2) is 5.01 Å². The molecule has 0 spiro atoms. The lowest BCUT2D eigenvalue weighted by molar-refractivity contribution is -0.146. The van der Waals surface area contributed by atoms with Gasteiger partial charge in [0.2, 0.25) is 0 Å². The van der Waals surface area contributed by atoms with E-state index < -0.39 is 18.1 Å². The Bertz CT molecular complexity index is 219. The number of carbonyl (C=O) groups is 1. The largest absolute Gasteiger partial charge is 0.464 e. The van der Waals surface area contributed by atoms with Gasteiger partial charge in [-0.05, 0) is 19.9 Å². The number of esters is 1. The summed E-state index contributed by atoms with van der Waals surface area (Å²) < 4.78 is 4.85. The second kappa shape index (κ2) is 12.3. The van der Waals surface area contributed by atoms with E-state index in [0.29, 0.717) is 6.42 Å². The highest BCUT2D eigenvalue weighted by Crippen LogP contribution is 2.01. The van der Waals surface area contributed by atoms with Gasteiger partial charge in [0.25, 0.3) is 0 Å². The molecule has 0 amide bonds. The molecule has 116 valence electrons. The van der Waals surface area contributed by atoms with E-state index in [-0.39, 0.29) is 12.5 Å². The molecule has 4 N–H and O–H groups in total. The van der Waals surface area contributed by atoms with Gasteiger partial charge < -0.3 is 15.6 Å². The van der Waals surface area contributed by atoms with Gasteiger partial charge in [-0.1, -0.05) is 20.8 Å². The maximum atomic E-state index is 11.1. The molecule has 0 fully saturated rings. The average molecular weight is 277 g/mol. The SMILES string of the molecule is CC(O)CCOC(=O)C(N)C(C)C.CCN(C)NC. The second-order valence-electron chi connectivity index (χ2n) is 4.81. The minimum atomic E-state index is -0.561. The smallest absolute Gasteiger partial charge is 0.323 e. The van der Waals surface area contributed by atoms with E-state index in [1.807, 2.05) is 33.0 Å². The lowest BCUT2D eigenvalue weighted by atomic mass is 10.1. The van der Waals surface area contributed by atoms with E-state index in [2.05, 4.69) is 12.3 Å². The van der Waals surface area contributed by atoms with E-state index in [1.54, 1.807) is 6.92 Å². The number of nitrogens with one attached hydrogen (secondary N) is 1. The zero-order valence-electron chi connectivity index (χ0n) is 13.1. The number of rotatable bonds is 7. The Morgan fingerprint density at radius 2 is 1.95 bits per heavy atom. The number of carbonyl (C=O) groups excluding carboxylic acids is 1. The summed E-state index contributed by atoms with van der Waals surface area (Å²) in [5.74, 6) is -0.310. The predicted molar refractivity (Wildman–Crippen MR) is 77.4 cm³/mol. The molecule has 0 rings (SSSR count). The number of hydrogen-bond acceptors (Lipinski definition) is 6. The lowest BCUT2D eigenvalue weighted by Crippen LogP contribution is -2.37. The Morgan fingerprint density at radius 1 is 1.42 bits per heavy atom. The highest BCUT2D eigenvalue weighted by atomic mass is 16.5. The van der Waals surface area contributed by atoms with Crippen LogP contribution < -0.4 is 11.2 Å². The van der Waals surface area contributed by atoms with Crippen LogP contribution in [0.1, 0.15) is 34.1 Å². The molecule has 0 aliphatic heterocycles. The van der Waals surface area contributed by atoms with Crippen molar-refractivity contribution in [1.29, 1.82) is 0 Å². The molecule has 6 heteroatoms. The maximum absolute atomic E-state index is 11.1. The van der Waals surface area contributed by atoms with Gasteiger partial charge in [-0.3, -0.25) is 10.2 Å². The molecule has 0 radical (unpaired) electrons. The van der Waals surface area contributed by atoms with Gasteiger partial charge in [-0.2, -0.15) is 0 Å². The summed E-state index contributed by atoms with van der Waals surface area (Å²) in [6.07, 6.45) is 0.0133. The van der Waals surface area contributed by atoms with Crippen molar-refractivity contribution in [3.8, 4) is 0 Å². The van der Waals surface area contributed by atoms with Crippen molar-refractivity contribution in [3.63, 3.8) is 0 Å². The monoisotopic (exact) mass is 277 g/mol. The zero-order valence-corrected chi connectivity index (χ0v) is 13.1. The summed E-state index contributed by atoms with van der Waals surface area (Å²) in [6, 6.07) is -0.561. The minimum Gasteiger partial charge on any atom is -0.464 e. The fourth-order valence-corrected chi connectivity index (χ4v) is 0.857. The summed E-state index contributed by atoms with van der Waals surface area (Å²) in [6.45, 7) is 8.75. The Kier molecular flexibility index (Phi) is 13.4. The van der Waals surface area contributed by atoms with Crippen molar-refractivity contribution in [1.82, 2.24) is 10.4 Å². The Balaban J connectivity index is 0. The molecule has 0 aromatic rings. The third-order valence-corrected chi connectivity index (χ3v) is 2.63. The van der Waals surface area contributed by atoms with Crippen LogP contribution in [0.4, 0.5) is 0 Å². The van der Waals surface area contributed by atoms with Crippen LogP contribution in [0, 0.1) is 5.92 Å². The molecule has 0 aromatic heterocycles. The van der Waals surface area contributed by atoms with Gasteiger partial charge in [0.15, 0.2) is 0 Å². The molecule has 19 heavy (non-hydrogen) atoms. The molecule has 0 saturated heterocycles. The number of ether oxygens (including phenoxy) is 1. The number of hydrogen-bond donors (Lipinski definition) is 3. The first-order chi connectivity index (χ1) is 8.76. The Hall–Kier alpha value is -0.690. The summed E-state index contributed by atoms with van der Waals surface area (Å²) in [5, 5.41) is 10.9. The number of nitrogens with two attached hydrogens (primary N) is 1. The van der Waals surface area contributed by atoms with Crippen LogP contribution in [0.3, 0.4) is 0 Å². The zero-order chi connectivity index (χ0) is 15.4. The van der Waals surface area contributed by atoms with Crippen molar-refractivity contribution in [2.24, 2.45) is 11.7 Å².